The molecule has 0 heterocycles. The maximum Gasteiger partial charge on any atom is 0.138 e. The molecule has 0 radical (unpaired) electrons. The van der Waals surface area contributed by atoms with Crippen LogP contribution in [0.3, 0.4) is 0 Å². The fourth-order valence-electron chi connectivity index (χ4n) is 1.39. The number of nitrogens with two attached hydrogens (primary N) is 1. The molecule has 2 rings (SSSR count). The lowest BCUT2D eigenvalue weighted by atomic mass is 10.2. The highest BCUT2D eigenvalue weighted by Crippen LogP contribution is 2.27. The predicted octanol–water partition coefficient (Wildman–Crippen LogP) is 4.03. The molecule has 0 unspecified atom stereocenters. The van der Waals surface area contributed by atoms with Gasteiger partial charge in [-0.15, -0.1) is 11.8 Å². The molecular formula is C13H12BrNOS. The summed E-state index contributed by atoms with van der Waals surface area (Å²) in [6, 6.07) is 13.5. The molecule has 0 aromatic heterocycles. The fraction of sp³-hybridized carbons (Fsp3) is 0.0769. The molecular weight excluding hydrogens is 298 g/mol. The Morgan fingerprint density at radius 2 is 1.82 bits per heavy atom. The molecule has 0 fully saturated rings. The van der Waals surface area contributed by atoms with E-state index in [4.69, 9.17) is 5.73 Å². The predicted molar refractivity (Wildman–Crippen MR) is 76.2 cm³/mol. The van der Waals surface area contributed by atoms with Crippen molar-refractivity contribution >= 4 is 33.4 Å². The first-order valence-corrected chi connectivity index (χ1v) is 6.89. The second-order valence-corrected chi connectivity index (χ2v) is 5.60. The molecule has 4 heteroatoms. The SMILES string of the molecule is Nc1cc(CSc2ccc(Br)cc2)ccc1O. The summed E-state index contributed by atoms with van der Waals surface area (Å²) >= 11 is 5.14. The van der Waals surface area contributed by atoms with Gasteiger partial charge in [-0.05, 0) is 42.0 Å². The molecule has 0 atom stereocenters. The van der Waals surface area contributed by atoms with Crippen molar-refractivity contribution in [3.8, 4) is 5.75 Å². The van der Waals surface area contributed by atoms with Crippen LogP contribution in [0.15, 0.2) is 51.8 Å². The smallest absolute Gasteiger partial charge is 0.138 e. The second kappa shape index (κ2) is 5.47. The molecule has 0 saturated carbocycles. The number of rotatable bonds is 3. The summed E-state index contributed by atoms with van der Waals surface area (Å²) in [7, 11) is 0. The van der Waals surface area contributed by atoms with Crippen molar-refractivity contribution in [3.63, 3.8) is 0 Å². The molecule has 0 aliphatic rings. The van der Waals surface area contributed by atoms with Crippen LogP contribution in [-0.2, 0) is 5.75 Å². The van der Waals surface area contributed by atoms with E-state index >= 15 is 0 Å². The van der Waals surface area contributed by atoms with Crippen LogP contribution in [0.5, 0.6) is 5.75 Å². The third kappa shape index (κ3) is 3.41. The van der Waals surface area contributed by atoms with E-state index in [0.29, 0.717) is 5.69 Å². The molecule has 0 aliphatic carbocycles. The average molecular weight is 310 g/mol. The third-order valence-electron chi connectivity index (χ3n) is 2.31. The lowest BCUT2D eigenvalue weighted by Gasteiger charge is -2.04. The molecule has 0 amide bonds. The zero-order chi connectivity index (χ0) is 12.3. The molecule has 2 aromatic rings. The zero-order valence-electron chi connectivity index (χ0n) is 9.06. The van der Waals surface area contributed by atoms with Crippen LogP contribution in [0.25, 0.3) is 0 Å². The number of aromatic hydroxyl groups is 1. The van der Waals surface area contributed by atoms with E-state index in [1.807, 2.05) is 18.2 Å². The maximum atomic E-state index is 9.32. The number of hydrogen-bond donors (Lipinski definition) is 2. The quantitative estimate of drug-likeness (QED) is 0.511. The maximum absolute atomic E-state index is 9.32. The molecule has 0 aliphatic heterocycles. The third-order valence-corrected chi connectivity index (χ3v) is 3.92. The summed E-state index contributed by atoms with van der Waals surface area (Å²) < 4.78 is 1.08. The molecule has 17 heavy (non-hydrogen) atoms. The number of anilines is 1. The van der Waals surface area contributed by atoms with Gasteiger partial charge in [0, 0.05) is 15.1 Å². The van der Waals surface area contributed by atoms with Crippen molar-refractivity contribution in [1.82, 2.24) is 0 Å². The van der Waals surface area contributed by atoms with Crippen LogP contribution in [0, 0.1) is 0 Å². The fourth-order valence-corrected chi connectivity index (χ4v) is 2.50. The zero-order valence-corrected chi connectivity index (χ0v) is 11.5. The van der Waals surface area contributed by atoms with Crippen LogP contribution < -0.4 is 5.73 Å². The minimum absolute atomic E-state index is 0.141. The average Bonchev–Trinajstić information content (AvgIpc) is 2.33. The number of halogens is 1. The minimum atomic E-state index is 0.141. The number of phenols is 1. The highest BCUT2D eigenvalue weighted by Gasteiger charge is 2.00. The van der Waals surface area contributed by atoms with Gasteiger partial charge in [0.05, 0.1) is 5.69 Å². The summed E-state index contributed by atoms with van der Waals surface area (Å²) in [5, 5.41) is 9.32. The number of phenolic OH excluding ortho intramolecular Hbond substituents is 1. The van der Waals surface area contributed by atoms with E-state index in [1.54, 1.807) is 23.9 Å². The van der Waals surface area contributed by atoms with E-state index < -0.39 is 0 Å². The van der Waals surface area contributed by atoms with E-state index in [9.17, 15) is 5.11 Å². The van der Waals surface area contributed by atoms with Gasteiger partial charge in [-0.3, -0.25) is 0 Å². The topological polar surface area (TPSA) is 46.2 Å². The Balaban J connectivity index is 2.02. The van der Waals surface area contributed by atoms with E-state index in [2.05, 4.69) is 28.1 Å². The Hall–Kier alpha value is -1.13. The monoisotopic (exact) mass is 309 g/mol. The Morgan fingerprint density at radius 3 is 2.47 bits per heavy atom. The van der Waals surface area contributed by atoms with Gasteiger partial charge in [-0.2, -0.15) is 0 Å². The summed E-state index contributed by atoms with van der Waals surface area (Å²) in [6.45, 7) is 0. The molecule has 2 aromatic carbocycles. The van der Waals surface area contributed by atoms with Crippen molar-refractivity contribution in [3.05, 3.63) is 52.5 Å². The first-order chi connectivity index (χ1) is 8.15. The Bertz CT molecular complexity index is 513. The largest absolute Gasteiger partial charge is 0.506 e. The minimum Gasteiger partial charge on any atom is -0.506 e. The van der Waals surface area contributed by atoms with Gasteiger partial charge in [-0.1, -0.05) is 22.0 Å². The highest BCUT2D eigenvalue weighted by molar-refractivity contribution is 9.10. The van der Waals surface area contributed by atoms with Gasteiger partial charge in [0.25, 0.3) is 0 Å². The first-order valence-electron chi connectivity index (χ1n) is 5.11. The van der Waals surface area contributed by atoms with E-state index in [-0.39, 0.29) is 5.75 Å². The highest BCUT2D eigenvalue weighted by atomic mass is 79.9. The van der Waals surface area contributed by atoms with Gasteiger partial charge in [0.1, 0.15) is 5.75 Å². The Kier molecular flexibility index (Phi) is 3.97. The van der Waals surface area contributed by atoms with E-state index in [0.717, 1.165) is 15.8 Å². The first kappa shape index (κ1) is 12.3. The summed E-state index contributed by atoms with van der Waals surface area (Å²) in [4.78, 5) is 1.21. The van der Waals surface area contributed by atoms with Crippen molar-refractivity contribution in [2.45, 2.75) is 10.6 Å². The van der Waals surface area contributed by atoms with Gasteiger partial charge < -0.3 is 10.8 Å². The number of benzene rings is 2. The number of thioether (sulfide) groups is 1. The molecule has 2 nitrogen and oxygen atoms in total. The van der Waals surface area contributed by atoms with Gasteiger partial charge in [0.2, 0.25) is 0 Å². The second-order valence-electron chi connectivity index (χ2n) is 3.64. The number of hydrogen-bond acceptors (Lipinski definition) is 3. The van der Waals surface area contributed by atoms with Gasteiger partial charge in [0.15, 0.2) is 0 Å². The molecule has 88 valence electrons. The molecule has 0 saturated heterocycles. The summed E-state index contributed by atoms with van der Waals surface area (Å²) in [5.74, 6) is 0.981. The van der Waals surface area contributed by atoms with Crippen molar-refractivity contribution in [2.24, 2.45) is 0 Å². The summed E-state index contributed by atoms with van der Waals surface area (Å²) in [5.41, 5.74) is 7.18. The van der Waals surface area contributed by atoms with E-state index in [1.165, 1.54) is 4.90 Å². The van der Waals surface area contributed by atoms with Crippen molar-refractivity contribution in [2.75, 3.05) is 5.73 Å². The van der Waals surface area contributed by atoms with Crippen LogP contribution in [0.4, 0.5) is 5.69 Å². The molecule has 3 N–H and O–H groups in total. The molecule has 0 bridgehead atoms. The van der Waals surface area contributed by atoms with Crippen molar-refractivity contribution < 1.29 is 5.11 Å². The van der Waals surface area contributed by atoms with Crippen LogP contribution in [-0.4, -0.2) is 5.11 Å². The standard InChI is InChI=1S/C13H12BrNOS/c14-10-2-4-11(5-3-10)17-8-9-1-6-13(16)12(15)7-9/h1-7,16H,8,15H2. The van der Waals surface area contributed by atoms with Crippen LogP contribution >= 0.6 is 27.7 Å². The van der Waals surface area contributed by atoms with Crippen LogP contribution in [0.2, 0.25) is 0 Å². The van der Waals surface area contributed by atoms with Crippen LogP contribution in [0.1, 0.15) is 5.56 Å². The Labute approximate surface area is 113 Å². The van der Waals surface area contributed by atoms with Crippen molar-refractivity contribution in [1.29, 1.82) is 0 Å². The summed E-state index contributed by atoms with van der Waals surface area (Å²) in [6.07, 6.45) is 0. The molecule has 0 spiro atoms. The number of nitrogen functional groups attached to an aromatic ring is 1. The van der Waals surface area contributed by atoms with Gasteiger partial charge >= 0.3 is 0 Å². The van der Waals surface area contributed by atoms with Gasteiger partial charge in [-0.25, -0.2) is 0 Å². The lowest BCUT2D eigenvalue weighted by Crippen LogP contribution is -1.88. The lowest BCUT2D eigenvalue weighted by molar-refractivity contribution is 0.478. The Morgan fingerprint density at radius 1 is 1.12 bits per heavy atom. The normalized spacial score (nSPS) is 10.4.